The van der Waals surface area contributed by atoms with E-state index in [1.165, 1.54) is 6.07 Å². The molecule has 0 aliphatic heterocycles. The van der Waals surface area contributed by atoms with Crippen LogP contribution in [0.2, 0.25) is 0 Å². The van der Waals surface area contributed by atoms with Crippen molar-refractivity contribution in [3.05, 3.63) is 53.7 Å². The maximum Gasteiger partial charge on any atom is 0.137 e. The van der Waals surface area contributed by atoms with Gasteiger partial charge in [0.15, 0.2) is 0 Å². The molecule has 0 spiro atoms. The normalized spacial score (nSPS) is 12.4. The summed E-state index contributed by atoms with van der Waals surface area (Å²) in [7, 11) is 0. The van der Waals surface area contributed by atoms with Crippen LogP contribution in [-0.4, -0.2) is 11.5 Å². The standard InChI is InChI=1S/C15H16F2N2S/c1-3-18-10(2)11-4-7-15(19-9-11)20-14-8-12(16)5-6-13(14)17/h4-10,18H,3H2,1-2H3. The Morgan fingerprint density at radius 3 is 2.70 bits per heavy atom. The molecule has 2 nitrogen and oxygen atoms in total. The molecular weight excluding hydrogens is 278 g/mol. The first-order valence-corrected chi connectivity index (χ1v) is 7.24. The molecule has 2 rings (SSSR count). The molecule has 1 atom stereocenters. The number of halogens is 2. The minimum absolute atomic E-state index is 0.220. The van der Waals surface area contributed by atoms with Crippen molar-refractivity contribution in [3.63, 3.8) is 0 Å². The molecule has 1 aromatic carbocycles. The molecule has 0 amide bonds. The van der Waals surface area contributed by atoms with E-state index in [0.29, 0.717) is 5.03 Å². The van der Waals surface area contributed by atoms with Gasteiger partial charge >= 0.3 is 0 Å². The van der Waals surface area contributed by atoms with Gasteiger partial charge in [-0.25, -0.2) is 13.8 Å². The first-order valence-electron chi connectivity index (χ1n) is 6.42. The van der Waals surface area contributed by atoms with Gasteiger partial charge in [0.2, 0.25) is 0 Å². The summed E-state index contributed by atoms with van der Waals surface area (Å²) in [6, 6.07) is 7.39. The molecule has 0 saturated heterocycles. The van der Waals surface area contributed by atoms with Crippen molar-refractivity contribution in [1.82, 2.24) is 10.3 Å². The van der Waals surface area contributed by atoms with Crippen LogP contribution in [0.3, 0.4) is 0 Å². The molecule has 1 N–H and O–H groups in total. The average molecular weight is 294 g/mol. The third-order valence-corrected chi connectivity index (χ3v) is 3.86. The molecule has 1 heterocycles. The molecule has 0 bridgehead atoms. The lowest BCUT2D eigenvalue weighted by molar-refractivity contribution is 0.577. The van der Waals surface area contributed by atoms with Gasteiger partial charge in [-0.05, 0) is 43.3 Å². The molecule has 0 aliphatic rings. The van der Waals surface area contributed by atoms with Crippen LogP contribution in [0.5, 0.6) is 0 Å². The van der Waals surface area contributed by atoms with E-state index in [9.17, 15) is 8.78 Å². The molecule has 2 aromatic rings. The second-order valence-electron chi connectivity index (χ2n) is 4.39. The summed E-state index contributed by atoms with van der Waals surface area (Å²) in [5, 5.41) is 3.93. The predicted molar refractivity (Wildman–Crippen MR) is 76.8 cm³/mol. The fourth-order valence-corrected chi connectivity index (χ4v) is 2.60. The van der Waals surface area contributed by atoms with Crippen LogP contribution in [0.1, 0.15) is 25.5 Å². The van der Waals surface area contributed by atoms with Gasteiger partial charge < -0.3 is 5.32 Å². The highest BCUT2D eigenvalue weighted by molar-refractivity contribution is 7.99. The summed E-state index contributed by atoms with van der Waals surface area (Å²) in [5.74, 6) is -0.894. The molecular formula is C15H16F2N2S. The molecule has 106 valence electrons. The lowest BCUT2D eigenvalue weighted by Gasteiger charge is -2.12. The lowest BCUT2D eigenvalue weighted by Crippen LogP contribution is -2.17. The van der Waals surface area contributed by atoms with Crippen molar-refractivity contribution < 1.29 is 8.78 Å². The Morgan fingerprint density at radius 1 is 1.25 bits per heavy atom. The zero-order chi connectivity index (χ0) is 14.5. The molecule has 0 fully saturated rings. The SMILES string of the molecule is CCNC(C)c1ccc(Sc2cc(F)ccc2F)nc1. The Labute approximate surface area is 121 Å². The monoisotopic (exact) mass is 294 g/mol. The first-order chi connectivity index (χ1) is 9.60. The van der Waals surface area contributed by atoms with Gasteiger partial charge in [0.1, 0.15) is 16.7 Å². The number of benzene rings is 1. The minimum Gasteiger partial charge on any atom is -0.310 e. The van der Waals surface area contributed by atoms with E-state index in [1.807, 2.05) is 19.1 Å². The third kappa shape index (κ3) is 3.77. The third-order valence-electron chi connectivity index (χ3n) is 2.88. The second-order valence-corrected chi connectivity index (χ2v) is 5.45. The molecule has 20 heavy (non-hydrogen) atoms. The van der Waals surface area contributed by atoms with Crippen LogP contribution in [0.25, 0.3) is 0 Å². The van der Waals surface area contributed by atoms with Gasteiger partial charge in [-0.3, -0.25) is 0 Å². The number of pyridine rings is 1. The average Bonchev–Trinajstić information content (AvgIpc) is 2.44. The van der Waals surface area contributed by atoms with Gasteiger partial charge in [-0.2, -0.15) is 0 Å². The Bertz CT molecular complexity index is 573. The maximum atomic E-state index is 13.5. The summed E-state index contributed by atoms with van der Waals surface area (Å²) in [6.45, 7) is 4.98. The molecule has 0 radical (unpaired) electrons. The van der Waals surface area contributed by atoms with Crippen molar-refractivity contribution in [1.29, 1.82) is 0 Å². The van der Waals surface area contributed by atoms with E-state index in [-0.39, 0.29) is 10.9 Å². The summed E-state index contributed by atoms with van der Waals surface area (Å²) in [4.78, 5) is 4.52. The van der Waals surface area contributed by atoms with E-state index < -0.39 is 11.6 Å². The zero-order valence-electron chi connectivity index (χ0n) is 11.4. The van der Waals surface area contributed by atoms with E-state index in [1.54, 1.807) is 6.20 Å². The van der Waals surface area contributed by atoms with Gasteiger partial charge in [0.25, 0.3) is 0 Å². The Morgan fingerprint density at radius 2 is 2.05 bits per heavy atom. The van der Waals surface area contributed by atoms with E-state index in [4.69, 9.17) is 0 Å². The number of hydrogen-bond donors (Lipinski definition) is 1. The van der Waals surface area contributed by atoms with Crippen LogP contribution in [0.15, 0.2) is 46.5 Å². The number of rotatable bonds is 5. The summed E-state index contributed by atoms with van der Waals surface area (Å²) < 4.78 is 26.6. The van der Waals surface area contributed by atoms with E-state index in [0.717, 1.165) is 36.0 Å². The first kappa shape index (κ1) is 14.9. The van der Waals surface area contributed by atoms with Gasteiger partial charge in [-0.15, -0.1) is 0 Å². The number of hydrogen-bond acceptors (Lipinski definition) is 3. The van der Waals surface area contributed by atoms with Crippen molar-refractivity contribution in [2.45, 2.75) is 29.8 Å². The van der Waals surface area contributed by atoms with Gasteiger partial charge in [-0.1, -0.05) is 24.8 Å². The van der Waals surface area contributed by atoms with Crippen molar-refractivity contribution in [3.8, 4) is 0 Å². The van der Waals surface area contributed by atoms with Crippen LogP contribution in [-0.2, 0) is 0 Å². The predicted octanol–water partition coefficient (Wildman–Crippen LogP) is 4.18. The van der Waals surface area contributed by atoms with Gasteiger partial charge in [0, 0.05) is 12.2 Å². The van der Waals surface area contributed by atoms with Crippen molar-refractivity contribution >= 4 is 11.8 Å². The topological polar surface area (TPSA) is 24.9 Å². The Hall–Kier alpha value is -1.46. The van der Waals surface area contributed by atoms with Crippen LogP contribution in [0.4, 0.5) is 8.78 Å². The number of nitrogens with zero attached hydrogens (tertiary/aromatic N) is 1. The smallest absolute Gasteiger partial charge is 0.137 e. The van der Waals surface area contributed by atoms with E-state index in [2.05, 4.69) is 17.2 Å². The van der Waals surface area contributed by atoms with Crippen molar-refractivity contribution in [2.75, 3.05) is 6.54 Å². The van der Waals surface area contributed by atoms with Crippen LogP contribution >= 0.6 is 11.8 Å². The summed E-state index contributed by atoms with van der Waals surface area (Å²) >= 11 is 1.12. The fraction of sp³-hybridized carbons (Fsp3) is 0.267. The highest BCUT2D eigenvalue weighted by atomic mass is 32.2. The molecule has 5 heteroatoms. The highest BCUT2D eigenvalue weighted by Gasteiger charge is 2.08. The Kier molecular flexibility index (Phi) is 5.09. The maximum absolute atomic E-state index is 13.5. The highest BCUT2D eigenvalue weighted by Crippen LogP contribution is 2.29. The molecule has 1 aromatic heterocycles. The largest absolute Gasteiger partial charge is 0.310 e. The molecule has 0 aliphatic carbocycles. The van der Waals surface area contributed by atoms with Gasteiger partial charge in [0.05, 0.1) is 4.90 Å². The number of aromatic nitrogens is 1. The van der Waals surface area contributed by atoms with Crippen molar-refractivity contribution in [2.24, 2.45) is 0 Å². The lowest BCUT2D eigenvalue weighted by atomic mass is 10.1. The zero-order valence-corrected chi connectivity index (χ0v) is 12.2. The number of nitrogens with one attached hydrogen (secondary N) is 1. The molecule has 1 unspecified atom stereocenters. The van der Waals surface area contributed by atoms with E-state index >= 15 is 0 Å². The molecule has 0 saturated carbocycles. The minimum atomic E-state index is -0.453. The van der Waals surface area contributed by atoms with Crippen LogP contribution < -0.4 is 5.32 Å². The second kappa shape index (κ2) is 6.81. The fourth-order valence-electron chi connectivity index (χ4n) is 1.80. The summed E-state index contributed by atoms with van der Waals surface area (Å²) in [5.41, 5.74) is 1.07. The van der Waals surface area contributed by atoms with Crippen LogP contribution in [0, 0.1) is 11.6 Å². The summed E-state index contributed by atoms with van der Waals surface area (Å²) in [6.07, 6.45) is 1.76. The quantitative estimate of drug-likeness (QED) is 0.895. The Balaban J connectivity index is 2.12.